The summed E-state index contributed by atoms with van der Waals surface area (Å²) in [7, 11) is 0. The van der Waals surface area contributed by atoms with E-state index in [2.05, 4.69) is 33.0 Å². The predicted molar refractivity (Wildman–Crippen MR) is 66.8 cm³/mol. The van der Waals surface area contributed by atoms with Crippen LogP contribution in [0.2, 0.25) is 0 Å². The Morgan fingerprint density at radius 1 is 1.29 bits per heavy atom. The minimum absolute atomic E-state index is 0.0113. The van der Waals surface area contributed by atoms with E-state index in [4.69, 9.17) is 9.84 Å². The Kier molecular flexibility index (Phi) is 3.87. The van der Waals surface area contributed by atoms with Crippen LogP contribution in [0.25, 0.3) is 0 Å². The van der Waals surface area contributed by atoms with E-state index in [0.717, 1.165) is 12.8 Å². The Labute approximate surface area is 103 Å². The van der Waals surface area contributed by atoms with Gasteiger partial charge in [-0.2, -0.15) is 0 Å². The monoisotopic (exact) mass is 241 g/mol. The van der Waals surface area contributed by atoms with Gasteiger partial charge in [-0.15, -0.1) is 0 Å². The highest BCUT2D eigenvalue weighted by Gasteiger charge is 2.38. The van der Waals surface area contributed by atoms with Gasteiger partial charge in [0.2, 0.25) is 0 Å². The predicted octanol–water partition coefficient (Wildman–Crippen LogP) is 2.30. The lowest BCUT2D eigenvalue weighted by Gasteiger charge is -2.45. The van der Waals surface area contributed by atoms with Crippen LogP contribution >= 0.6 is 0 Å². The summed E-state index contributed by atoms with van der Waals surface area (Å²) in [6.07, 6.45) is 3.18. The van der Waals surface area contributed by atoms with Crippen molar-refractivity contribution in [2.75, 3.05) is 0 Å². The molecule has 1 saturated heterocycles. The molecule has 2 N–H and O–H groups in total. The van der Waals surface area contributed by atoms with Gasteiger partial charge in [0.25, 0.3) is 0 Å². The van der Waals surface area contributed by atoms with Crippen LogP contribution in [0.15, 0.2) is 11.8 Å². The van der Waals surface area contributed by atoms with E-state index in [0.29, 0.717) is 0 Å². The number of rotatable bonds is 3. The van der Waals surface area contributed by atoms with Crippen LogP contribution in [0.4, 0.5) is 0 Å². The smallest absolute Gasteiger partial charge is 0.334 e. The summed E-state index contributed by atoms with van der Waals surface area (Å²) < 4.78 is 5.59. The number of aliphatic carboxylic acids is 1. The fraction of sp³-hybridized carbons (Fsp3) is 0.769. The second kappa shape index (κ2) is 4.69. The molecule has 1 aliphatic rings. The zero-order valence-electron chi connectivity index (χ0n) is 11.3. The molecule has 0 spiro atoms. The highest BCUT2D eigenvalue weighted by molar-refractivity contribution is 5.85. The highest BCUT2D eigenvalue weighted by atomic mass is 16.5. The second-order valence-electron chi connectivity index (χ2n) is 6.17. The van der Waals surface area contributed by atoms with E-state index < -0.39 is 5.97 Å². The first-order valence-corrected chi connectivity index (χ1v) is 5.96. The van der Waals surface area contributed by atoms with Crippen LogP contribution in [-0.4, -0.2) is 28.3 Å². The van der Waals surface area contributed by atoms with Gasteiger partial charge in [0.1, 0.15) is 6.10 Å². The average Bonchev–Trinajstić information content (AvgIpc) is 2.08. The van der Waals surface area contributed by atoms with E-state index >= 15 is 0 Å². The maximum atomic E-state index is 10.7. The van der Waals surface area contributed by atoms with Crippen LogP contribution in [0, 0.1) is 0 Å². The van der Waals surface area contributed by atoms with Gasteiger partial charge < -0.3 is 15.2 Å². The molecule has 0 saturated carbocycles. The molecule has 0 unspecified atom stereocenters. The van der Waals surface area contributed by atoms with E-state index in [1.165, 1.54) is 6.26 Å². The van der Waals surface area contributed by atoms with Crippen molar-refractivity contribution in [2.24, 2.45) is 0 Å². The molecule has 1 heterocycles. The molecule has 4 nitrogen and oxygen atoms in total. The first-order chi connectivity index (χ1) is 7.61. The molecule has 0 amide bonds. The molecule has 98 valence electrons. The van der Waals surface area contributed by atoms with Crippen molar-refractivity contribution in [1.29, 1.82) is 0 Å². The first-order valence-electron chi connectivity index (χ1n) is 5.96. The molecule has 0 aromatic rings. The number of hydrogen-bond acceptors (Lipinski definition) is 3. The molecular weight excluding hydrogens is 218 g/mol. The summed E-state index contributed by atoms with van der Waals surface area (Å²) >= 11 is 0. The van der Waals surface area contributed by atoms with Crippen LogP contribution in [0.5, 0.6) is 0 Å². The van der Waals surface area contributed by atoms with Crippen molar-refractivity contribution in [3.63, 3.8) is 0 Å². The Morgan fingerprint density at radius 2 is 1.76 bits per heavy atom. The summed E-state index contributed by atoms with van der Waals surface area (Å²) in [4.78, 5) is 10.7. The van der Waals surface area contributed by atoms with Crippen molar-refractivity contribution in [3.8, 4) is 0 Å². The summed E-state index contributed by atoms with van der Waals surface area (Å²) in [6.45, 7) is 10.1. The quantitative estimate of drug-likeness (QED) is 0.588. The third kappa shape index (κ3) is 4.38. The van der Waals surface area contributed by atoms with Gasteiger partial charge in [0.05, 0.1) is 11.8 Å². The van der Waals surface area contributed by atoms with Gasteiger partial charge in [0, 0.05) is 23.9 Å². The van der Waals surface area contributed by atoms with Crippen LogP contribution < -0.4 is 5.32 Å². The molecular formula is C13H23NO3. The zero-order valence-corrected chi connectivity index (χ0v) is 11.3. The van der Waals surface area contributed by atoms with Crippen LogP contribution in [0.1, 0.15) is 47.5 Å². The summed E-state index contributed by atoms with van der Waals surface area (Å²) in [5.41, 5.74) is 0.258. The zero-order chi connectivity index (χ0) is 13.3. The van der Waals surface area contributed by atoms with Crippen molar-refractivity contribution < 1.29 is 14.6 Å². The lowest BCUT2D eigenvalue weighted by molar-refractivity contribution is -0.132. The molecule has 0 aromatic carbocycles. The van der Waals surface area contributed by atoms with E-state index in [1.807, 2.05) is 0 Å². The number of ether oxygens (including phenoxy) is 1. The number of hydrogen-bond donors (Lipinski definition) is 2. The number of nitrogens with one attached hydrogen (secondary N) is 1. The molecule has 0 bridgehead atoms. The van der Waals surface area contributed by atoms with Crippen molar-refractivity contribution in [3.05, 3.63) is 11.8 Å². The summed E-state index contributed by atoms with van der Waals surface area (Å²) in [6, 6.07) is 0. The largest absolute Gasteiger partial charge is 0.497 e. The van der Waals surface area contributed by atoms with Crippen LogP contribution in [0.3, 0.4) is 0 Å². The second-order valence-corrected chi connectivity index (χ2v) is 6.17. The van der Waals surface area contributed by atoms with Gasteiger partial charge in [-0.05, 0) is 34.6 Å². The summed E-state index contributed by atoms with van der Waals surface area (Å²) in [5.74, 6) is -0.933. The maximum absolute atomic E-state index is 10.7. The standard InChI is InChI=1S/C13H23NO3/c1-9(11(15)16)8-17-10-6-12(2,3)14-13(4,5)7-10/h8,10,14H,6-7H2,1-5H3,(H,15,16)/b9-8+. The Bertz CT molecular complexity index is 316. The number of carbonyl (C=O) groups is 1. The van der Waals surface area contributed by atoms with Gasteiger partial charge in [-0.1, -0.05) is 0 Å². The molecule has 1 rings (SSSR count). The molecule has 0 atom stereocenters. The van der Waals surface area contributed by atoms with Crippen molar-refractivity contribution in [2.45, 2.75) is 64.6 Å². The molecule has 0 aromatic heterocycles. The molecule has 0 radical (unpaired) electrons. The van der Waals surface area contributed by atoms with Crippen molar-refractivity contribution >= 4 is 5.97 Å². The number of piperidine rings is 1. The Balaban J connectivity index is 2.66. The highest BCUT2D eigenvalue weighted by Crippen LogP contribution is 2.30. The Morgan fingerprint density at radius 3 is 2.18 bits per heavy atom. The molecule has 0 aliphatic carbocycles. The minimum atomic E-state index is -0.933. The van der Waals surface area contributed by atoms with Crippen LogP contribution in [-0.2, 0) is 9.53 Å². The van der Waals surface area contributed by atoms with Gasteiger partial charge in [-0.25, -0.2) is 4.79 Å². The molecule has 1 aliphatic heterocycles. The third-order valence-corrected chi connectivity index (χ3v) is 2.93. The normalized spacial score (nSPS) is 24.4. The van der Waals surface area contributed by atoms with E-state index in [1.54, 1.807) is 6.92 Å². The van der Waals surface area contributed by atoms with Gasteiger partial charge in [0.15, 0.2) is 0 Å². The SMILES string of the molecule is C/C(=C\OC1CC(C)(C)NC(C)(C)C1)C(=O)O. The minimum Gasteiger partial charge on any atom is -0.497 e. The molecule has 1 fully saturated rings. The Hall–Kier alpha value is -1.03. The van der Waals surface area contributed by atoms with Gasteiger partial charge >= 0.3 is 5.97 Å². The maximum Gasteiger partial charge on any atom is 0.334 e. The first kappa shape index (κ1) is 14.0. The molecule has 4 heteroatoms. The number of carboxylic acid groups (broad SMARTS) is 1. The summed E-state index contributed by atoms with van der Waals surface area (Å²) in [5, 5.41) is 12.3. The van der Waals surface area contributed by atoms with E-state index in [-0.39, 0.29) is 22.8 Å². The lowest BCUT2D eigenvalue weighted by Crippen LogP contribution is -2.59. The fourth-order valence-corrected chi connectivity index (χ4v) is 2.57. The molecule has 17 heavy (non-hydrogen) atoms. The van der Waals surface area contributed by atoms with E-state index in [9.17, 15) is 4.79 Å². The van der Waals surface area contributed by atoms with Crippen molar-refractivity contribution in [1.82, 2.24) is 5.32 Å². The lowest BCUT2D eigenvalue weighted by atomic mass is 9.81. The third-order valence-electron chi connectivity index (χ3n) is 2.93. The average molecular weight is 241 g/mol. The number of carboxylic acids is 1. The van der Waals surface area contributed by atoms with Gasteiger partial charge in [-0.3, -0.25) is 0 Å². The fourth-order valence-electron chi connectivity index (χ4n) is 2.57. The topological polar surface area (TPSA) is 58.6 Å².